The first kappa shape index (κ1) is 12.9. The van der Waals surface area contributed by atoms with Crippen LogP contribution in [0.3, 0.4) is 0 Å². The van der Waals surface area contributed by atoms with Gasteiger partial charge in [-0.25, -0.2) is 4.98 Å². The maximum Gasteiger partial charge on any atom is 0.248 e. The summed E-state index contributed by atoms with van der Waals surface area (Å²) in [5.74, 6) is 0.129. The number of nitrogens with two attached hydrogens (primary N) is 1. The fourth-order valence-electron chi connectivity index (χ4n) is 1.67. The molecule has 0 fully saturated rings. The lowest BCUT2D eigenvalue weighted by Crippen LogP contribution is -2.10. The molecule has 0 bridgehead atoms. The SMILES string of the molecule is COc1ncccc1NCc1ccc(C(N)=O)cc1. The van der Waals surface area contributed by atoms with Gasteiger partial charge in [0.15, 0.2) is 0 Å². The van der Waals surface area contributed by atoms with Crippen LogP contribution in [0.4, 0.5) is 5.69 Å². The summed E-state index contributed by atoms with van der Waals surface area (Å²) in [6.07, 6.45) is 1.67. The van der Waals surface area contributed by atoms with E-state index >= 15 is 0 Å². The number of rotatable bonds is 5. The number of primary amides is 1. The average Bonchev–Trinajstić information content (AvgIpc) is 2.45. The summed E-state index contributed by atoms with van der Waals surface area (Å²) < 4.78 is 5.15. The zero-order valence-electron chi connectivity index (χ0n) is 10.6. The van der Waals surface area contributed by atoms with Gasteiger partial charge in [-0.3, -0.25) is 4.79 Å². The Morgan fingerprint density at radius 1 is 1.32 bits per heavy atom. The molecule has 2 aromatic rings. The molecule has 3 N–H and O–H groups in total. The number of ether oxygens (including phenoxy) is 1. The standard InChI is InChI=1S/C14H15N3O2/c1-19-14-12(3-2-8-16-14)17-9-10-4-6-11(7-5-10)13(15)18/h2-8,17H,9H2,1H3,(H2,15,18). The lowest BCUT2D eigenvalue weighted by atomic mass is 10.1. The second-order valence-electron chi connectivity index (χ2n) is 3.97. The Labute approximate surface area is 111 Å². The number of methoxy groups -OCH3 is 1. The number of aromatic nitrogens is 1. The number of carbonyl (C=O) groups is 1. The maximum absolute atomic E-state index is 11.0. The molecule has 1 amide bonds. The molecule has 0 aliphatic heterocycles. The lowest BCUT2D eigenvalue weighted by molar-refractivity contribution is 0.100. The van der Waals surface area contributed by atoms with Crippen LogP contribution in [0.2, 0.25) is 0 Å². The van der Waals surface area contributed by atoms with Crippen molar-refractivity contribution in [3.63, 3.8) is 0 Å². The van der Waals surface area contributed by atoms with Crippen LogP contribution >= 0.6 is 0 Å². The molecular weight excluding hydrogens is 242 g/mol. The third-order valence-corrected chi connectivity index (χ3v) is 2.69. The van der Waals surface area contributed by atoms with Crippen LogP contribution in [-0.4, -0.2) is 18.0 Å². The zero-order chi connectivity index (χ0) is 13.7. The molecule has 0 spiro atoms. The molecule has 5 heteroatoms. The van der Waals surface area contributed by atoms with Gasteiger partial charge < -0.3 is 15.8 Å². The van der Waals surface area contributed by atoms with Gasteiger partial charge >= 0.3 is 0 Å². The van der Waals surface area contributed by atoms with Gasteiger partial charge in [-0.1, -0.05) is 12.1 Å². The second kappa shape index (κ2) is 5.86. The van der Waals surface area contributed by atoms with Crippen LogP contribution in [-0.2, 0) is 6.54 Å². The van der Waals surface area contributed by atoms with Crippen molar-refractivity contribution in [2.75, 3.05) is 12.4 Å². The molecule has 0 saturated heterocycles. The number of carbonyl (C=O) groups excluding carboxylic acids is 1. The predicted octanol–water partition coefficient (Wildman–Crippen LogP) is 1.80. The van der Waals surface area contributed by atoms with E-state index in [4.69, 9.17) is 10.5 Å². The Morgan fingerprint density at radius 3 is 2.68 bits per heavy atom. The topological polar surface area (TPSA) is 77.2 Å². The molecule has 1 heterocycles. The molecule has 2 rings (SSSR count). The van der Waals surface area contributed by atoms with Crippen LogP contribution in [0.25, 0.3) is 0 Å². The van der Waals surface area contributed by atoms with E-state index in [-0.39, 0.29) is 0 Å². The summed E-state index contributed by atoms with van der Waals surface area (Å²) in [6, 6.07) is 10.9. The number of hydrogen-bond donors (Lipinski definition) is 2. The van der Waals surface area contributed by atoms with E-state index in [0.29, 0.717) is 18.0 Å². The Morgan fingerprint density at radius 2 is 2.05 bits per heavy atom. The summed E-state index contributed by atoms with van der Waals surface area (Å²) in [7, 11) is 1.58. The molecule has 0 unspecified atom stereocenters. The number of hydrogen-bond acceptors (Lipinski definition) is 4. The van der Waals surface area contributed by atoms with E-state index in [0.717, 1.165) is 11.3 Å². The fourth-order valence-corrected chi connectivity index (χ4v) is 1.67. The number of benzene rings is 1. The molecule has 1 aromatic carbocycles. The Bertz CT molecular complexity index is 567. The lowest BCUT2D eigenvalue weighted by Gasteiger charge is -2.09. The molecule has 0 saturated carbocycles. The van der Waals surface area contributed by atoms with Gasteiger partial charge in [-0.15, -0.1) is 0 Å². The molecule has 5 nitrogen and oxygen atoms in total. The van der Waals surface area contributed by atoms with Gasteiger partial charge in [0.05, 0.1) is 12.8 Å². The van der Waals surface area contributed by atoms with Gasteiger partial charge in [0, 0.05) is 18.3 Å². The fraction of sp³-hybridized carbons (Fsp3) is 0.143. The molecule has 1 aromatic heterocycles. The van der Waals surface area contributed by atoms with Crippen LogP contribution in [0, 0.1) is 0 Å². The molecule has 0 aliphatic rings. The highest BCUT2D eigenvalue weighted by Gasteiger charge is 2.03. The number of anilines is 1. The number of amides is 1. The largest absolute Gasteiger partial charge is 0.480 e. The van der Waals surface area contributed by atoms with Crippen LogP contribution in [0.5, 0.6) is 5.88 Å². The minimum atomic E-state index is -0.423. The number of nitrogens with zero attached hydrogens (tertiary/aromatic N) is 1. The van der Waals surface area contributed by atoms with Crippen molar-refractivity contribution in [1.82, 2.24) is 4.98 Å². The van der Waals surface area contributed by atoms with E-state index in [1.54, 1.807) is 25.4 Å². The van der Waals surface area contributed by atoms with Gasteiger partial charge in [0.1, 0.15) is 0 Å². The van der Waals surface area contributed by atoms with Gasteiger partial charge in [0.25, 0.3) is 0 Å². The van der Waals surface area contributed by atoms with Crippen molar-refractivity contribution >= 4 is 11.6 Å². The van der Waals surface area contributed by atoms with Crippen molar-refractivity contribution in [1.29, 1.82) is 0 Å². The van der Waals surface area contributed by atoms with Crippen molar-refractivity contribution in [3.05, 3.63) is 53.7 Å². The van der Waals surface area contributed by atoms with Crippen LogP contribution in [0.1, 0.15) is 15.9 Å². The first-order valence-electron chi connectivity index (χ1n) is 5.82. The highest BCUT2D eigenvalue weighted by Crippen LogP contribution is 2.20. The van der Waals surface area contributed by atoms with Crippen LogP contribution < -0.4 is 15.8 Å². The third-order valence-electron chi connectivity index (χ3n) is 2.69. The normalized spacial score (nSPS) is 9.95. The summed E-state index contributed by atoms with van der Waals surface area (Å²) in [5, 5.41) is 3.23. The molecule has 0 atom stereocenters. The first-order chi connectivity index (χ1) is 9.20. The van der Waals surface area contributed by atoms with Gasteiger partial charge in [0.2, 0.25) is 11.8 Å². The van der Waals surface area contributed by atoms with E-state index in [1.165, 1.54) is 0 Å². The van der Waals surface area contributed by atoms with Crippen molar-refractivity contribution in [2.45, 2.75) is 6.54 Å². The number of nitrogens with one attached hydrogen (secondary N) is 1. The molecule has 0 aliphatic carbocycles. The molecule has 0 radical (unpaired) electrons. The predicted molar refractivity (Wildman–Crippen MR) is 73.1 cm³/mol. The summed E-state index contributed by atoms with van der Waals surface area (Å²) in [6.45, 7) is 0.612. The monoisotopic (exact) mass is 257 g/mol. The minimum absolute atomic E-state index is 0.423. The van der Waals surface area contributed by atoms with E-state index < -0.39 is 5.91 Å². The summed E-state index contributed by atoms with van der Waals surface area (Å²) >= 11 is 0. The summed E-state index contributed by atoms with van der Waals surface area (Å²) in [4.78, 5) is 15.1. The Kier molecular flexibility index (Phi) is 3.97. The minimum Gasteiger partial charge on any atom is -0.480 e. The zero-order valence-corrected chi connectivity index (χ0v) is 10.6. The highest BCUT2D eigenvalue weighted by molar-refractivity contribution is 5.92. The molecule has 98 valence electrons. The first-order valence-corrected chi connectivity index (χ1v) is 5.82. The number of pyridine rings is 1. The van der Waals surface area contributed by atoms with E-state index in [1.807, 2.05) is 24.3 Å². The van der Waals surface area contributed by atoms with E-state index in [9.17, 15) is 4.79 Å². The average molecular weight is 257 g/mol. The van der Waals surface area contributed by atoms with Crippen molar-refractivity contribution in [3.8, 4) is 5.88 Å². The van der Waals surface area contributed by atoms with Crippen molar-refractivity contribution < 1.29 is 9.53 Å². The smallest absolute Gasteiger partial charge is 0.248 e. The Balaban J connectivity index is 2.04. The highest BCUT2D eigenvalue weighted by atomic mass is 16.5. The third kappa shape index (κ3) is 3.22. The maximum atomic E-state index is 11.0. The molecular formula is C14H15N3O2. The van der Waals surface area contributed by atoms with Crippen LogP contribution in [0.15, 0.2) is 42.6 Å². The second-order valence-corrected chi connectivity index (χ2v) is 3.97. The Hall–Kier alpha value is -2.56. The van der Waals surface area contributed by atoms with Crippen molar-refractivity contribution in [2.24, 2.45) is 5.73 Å². The molecule has 19 heavy (non-hydrogen) atoms. The van der Waals surface area contributed by atoms with E-state index in [2.05, 4.69) is 10.3 Å². The van der Waals surface area contributed by atoms with Gasteiger partial charge in [-0.05, 0) is 29.8 Å². The van der Waals surface area contributed by atoms with Gasteiger partial charge in [-0.2, -0.15) is 0 Å². The summed E-state index contributed by atoms with van der Waals surface area (Å²) in [5.41, 5.74) is 7.55. The quantitative estimate of drug-likeness (QED) is 0.856.